The third-order valence-corrected chi connectivity index (χ3v) is 16.6. The van der Waals surface area contributed by atoms with Crippen LogP contribution in [0.2, 0.25) is 0 Å². The van der Waals surface area contributed by atoms with Crippen LogP contribution >= 0.6 is 57.3 Å². The summed E-state index contributed by atoms with van der Waals surface area (Å²) in [6.07, 6.45) is 4.86. The molecule has 78 heavy (non-hydrogen) atoms. The Hall–Kier alpha value is -7.06. The molecule has 414 valence electrons. The van der Waals surface area contributed by atoms with Crippen LogP contribution in [0.5, 0.6) is 11.5 Å². The predicted molar refractivity (Wildman–Crippen MR) is 311 cm³/mol. The van der Waals surface area contributed by atoms with E-state index in [2.05, 4.69) is 47.6 Å². The molecule has 2 aromatic carbocycles. The number of hydrogen-bond acceptors (Lipinski definition) is 18. The summed E-state index contributed by atoms with van der Waals surface area (Å²) in [4.78, 5) is 86.7. The van der Waals surface area contributed by atoms with Crippen molar-refractivity contribution in [3.63, 3.8) is 0 Å². The molecule has 0 bridgehead atoms. The number of benzene rings is 2. The third-order valence-electron chi connectivity index (χ3n) is 11.5. The lowest BCUT2D eigenvalue weighted by atomic mass is 10.1. The number of allylic oxidation sites excluding steroid dienone is 2. The molecule has 4 heterocycles. The van der Waals surface area contributed by atoms with E-state index in [-0.39, 0.29) is 84.6 Å². The Labute approximate surface area is 471 Å². The Morgan fingerprint density at radius 3 is 2.03 bits per heavy atom. The zero-order valence-corrected chi connectivity index (χ0v) is 47.9. The summed E-state index contributed by atoms with van der Waals surface area (Å²) in [5.41, 5.74) is 14.9. The van der Waals surface area contributed by atoms with Gasteiger partial charge in [0.25, 0.3) is 11.8 Å². The highest BCUT2D eigenvalue weighted by Gasteiger charge is 2.28. The van der Waals surface area contributed by atoms with Crippen LogP contribution in [0.25, 0.3) is 22.1 Å². The van der Waals surface area contributed by atoms with Crippen LogP contribution in [0, 0.1) is 25.2 Å². The fraction of sp³-hybridized carbons (Fsp3) is 0.400. The van der Waals surface area contributed by atoms with Gasteiger partial charge < -0.3 is 40.7 Å². The topological polar surface area (TPSA) is 327 Å². The van der Waals surface area contributed by atoms with Crippen molar-refractivity contribution in [3.05, 3.63) is 82.5 Å². The van der Waals surface area contributed by atoms with E-state index in [1.807, 2.05) is 13.8 Å². The van der Waals surface area contributed by atoms with Gasteiger partial charge in [-0.25, -0.2) is 9.97 Å². The number of aromatic nitrogens is 8. The zero-order chi connectivity index (χ0) is 56.5. The first-order valence-electron chi connectivity index (χ1n) is 24.6. The lowest BCUT2D eigenvalue weighted by Gasteiger charge is -2.20. The van der Waals surface area contributed by atoms with Crippen molar-refractivity contribution in [3.8, 4) is 17.6 Å². The standard InChI is InChI=1S/C50H61N15O8S5/c1-7-65-36(23-30(4)62-65)46(71)59-48-57-34-25-32(44(53)69)27-38(73-19-11-15-54-40(67)13-20-76-77-21-16-55-39(66)12-14-50(5,28-51)78-49(74)75-8-2)42(34)64(48)18-10-9-17-63-41-33(24-31(43(52)68)26-37(41)72-6)56-47(63)58-45(70)35-22-29(3)60-61-35/h9-10,22-27H,7-8,11-21H2,1-6H3,(H2,52,68)(H2,53,69)(H,54,67)(H,55,66)(H,60,61)(H,56,58,70)(H,57,59,71)/b10-9+. The molecular weight excluding hydrogens is 1100 g/mol. The highest BCUT2D eigenvalue weighted by molar-refractivity contribution is 8.76. The number of carbonyl (C=O) groups is 6. The molecule has 0 spiro atoms. The van der Waals surface area contributed by atoms with Crippen LogP contribution in [0.3, 0.4) is 0 Å². The molecule has 6 aromatic rings. The van der Waals surface area contributed by atoms with Crippen molar-refractivity contribution < 1.29 is 38.2 Å². The van der Waals surface area contributed by atoms with Crippen molar-refractivity contribution in [2.24, 2.45) is 11.5 Å². The lowest BCUT2D eigenvalue weighted by molar-refractivity contribution is -0.121. The summed E-state index contributed by atoms with van der Waals surface area (Å²) in [5, 5.41) is 32.4. The number of nitrogens with zero attached hydrogens (tertiary/aromatic N) is 8. The number of imidazole rings is 2. The summed E-state index contributed by atoms with van der Waals surface area (Å²) in [5.74, 6) is 0.0548. The maximum absolute atomic E-state index is 13.9. The Kier molecular flexibility index (Phi) is 22.0. The lowest BCUT2D eigenvalue weighted by Crippen LogP contribution is -2.28. The first-order chi connectivity index (χ1) is 37.4. The van der Waals surface area contributed by atoms with Gasteiger partial charge in [0.15, 0.2) is 5.69 Å². The number of anilines is 2. The van der Waals surface area contributed by atoms with E-state index in [0.29, 0.717) is 86.7 Å². The molecule has 9 N–H and O–H groups in total. The number of nitriles is 1. The van der Waals surface area contributed by atoms with Crippen molar-refractivity contribution >= 4 is 130 Å². The highest BCUT2D eigenvalue weighted by atomic mass is 33.1. The number of nitrogens with one attached hydrogen (secondary N) is 5. The molecule has 0 aliphatic carbocycles. The third kappa shape index (κ3) is 16.2. The number of thiocarbonyl (C=S) groups is 1. The highest BCUT2D eigenvalue weighted by Crippen LogP contribution is 2.35. The largest absolute Gasteiger partial charge is 0.494 e. The number of rotatable bonds is 29. The average Bonchev–Trinajstić information content (AvgIpc) is 4.27. The summed E-state index contributed by atoms with van der Waals surface area (Å²) in [6.45, 7) is 10.7. The second-order valence-corrected chi connectivity index (χ2v) is 24.1. The predicted octanol–water partition coefficient (Wildman–Crippen LogP) is 6.52. The molecular formula is C50H61N15O8S5. The van der Waals surface area contributed by atoms with E-state index in [1.54, 1.807) is 69.7 Å². The second kappa shape index (κ2) is 28.5. The Morgan fingerprint density at radius 2 is 1.44 bits per heavy atom. The van der Waals surface area contributed by atoms with E-state index in [1.165, 1.54) is 65.7 Å². The first kappa shape index (κ1) is 60.2. The molecule has 1 unspecified atom stereocenters. The van der Waals surface area contributed by atoms with Gasteiger partial charge in [0.2, 0.25) is 35.5 Å². The molecule has 4 aromatic heterocycles. The maximum Gasteiger partial charge on any atom is 0.278 e. The van der Waals surface area contributed by atoms with E-state index >= 15 is 0 Å². The van der Waals surface area contributed by atoms with Gasteiger partial charge in [0.05, 0.1) is 36.5 Å². The van der Waals surface area contributed by atoms with Crippen LogP contribution in [-0.2, 0) is 29.2 Å². The second-order valence-electron chi connectivity index (χ2n) is 17.4. The van der Waals surface area contributed by atoms with Gasteiger partial charge in [0.1, 0.15) is 36.5 Å². The molecule has 0 radical (unpaired) electrons. The van der Waals surface area contributed by atoms with Crippen LogP contribution in [0.1, 0.15) is 99.5 Å². The molecule has 1 atom stereocenters. The molecule has 6 rings (SSSR count). The van der Waals surface area contributed by atoms with E-state index < -0.39 is 28.4 Å². The number of aryl methyl sites for hydroxylation is 3. The number of methoxy groups -OCH3 is 1. The number of H-pyrrole nitrogens is 1. The van der Waals surface area contributed by atoms with E-state index in [9.17, 15) is 34.0 Å². The normalized spacial score (nSPS) is 12.1. The Morgan fingerprint density at radius 1 is 0.833 bits per heavy atom. The summed E-state index contributed by atoms with van der Waals surface area (Å²) < 4.78 is 16.9. The van der Waals surface area contributed by atoms with Gasteiger partial charge in [-0.2, -0.15) is 15.5 Å². The van der Waals surface area contributed by atoms with Gasteiger partial charge in [-0.15, -0.1) is 11.8 Å². The fourth-order valence-electron chi connectivity index (χ4n) is 7.71. The summed E-state index contributed by atoms with van der Waals surface area (Å²) in [6, 6.07) is 11.5. The van der Waals surface area contributed by atoms with Crippen LogP contribution in [0.15, 0.2) is 48.6 Å². The number of ether oxygens (including phenoxy) is 2. The van der Waals surface area contributed by atoms with Gasteiger partial charge in [-0.3, -0.25) is 49.2 Å². The van der Waals surface area contributed by atoms with Crippen LogP contribution in [0.4, 0.5) is 11.9 Å². The van der Waals surface area contributed by atoms with Gasteiger partial charge in [0, 0.05) is 73.9 Å². The molecule has 6 amide bonds. The maximum atomic E-state index is 13.9. The summed E-state index contributed by atoms with van der Waals surface area (Å²) in [7, 11) is 4.51. The first-order valence-corrected chi connectivity index (χ1v) is 29.3. The Bertz CT molecular complexity index is 3270. The molecule has 23 nitrogen and oxygen atoms in total. The zero-order valence-electron chi connectivity index (χ0n) is 43.9. The monoisotopic (exact) mass is 1160 g/mol. The molecule has 0 saturated carbocycles. The Balaban J connectivity index is 1.12. The number of fused-ring (bicyclic) bond motifs is 2. The van der Waals surface area contributed by atoms with Gasteiger partial charge >= 0.3 is 0 Å². The molecule has 28 heteroatoms. The SMILES string of the molecule is CCSC(=S)SC(C)(C#N)CCC(=O)NCCSSCCC(=O)NCCCOc1cc(C(N)=O)cc2nc(NC(=O)c3cc(C)nn3CC)n(C/C=C/Cn3c(NC(=O)c4cc(C)[nH]n4)nc4cc(C(N)=O)cc(OC)c43)c12. The quantitative estimate of drug-likeness (QED) is 0.0114. The van der Waals surface area contributed by atoms with Crippen molar-refractivity contribution in [2.45, 2.75) is 84.7 Å². The molecule has 0 saturated heterocycles. The number of aromatic amines is 1. The molecule has 0 aliphatic rings. The number of primary amides is 2. The number of carbonyl (C=O) groups excluding carboxylic acids is 6. The smallest absolute Gasteiger partial charge is 0.278 e. The number of nitrogens with two attached hydrogens (primary N) is 2. The van der Waals surface area contributed by atoms with Gasteiger partial charge in [-0.1, -0.05) is 64.6 Å². The minimum absolute atomic E-state index is 0.0893. The minimum atomic E-state index is -0.769. The molecule has 0 aliphatic heterocycles. The minimum Gasteiger partial charge on any atom is -0.494 e. The average molecular weight is 1160 g/mol. The number of hydrogen-bond donors (Lipinski definition) is 7. The van der Waals surface area contributed by atoms with Crippen molar-refractivity contribution in [2.75, 3.05) is 54.7 Å². The number of thioether (sulfide) groups is 2. The summed E-state index contributed by atoms with van der Waals surface area (Å²) >= 11 is 8.17. The van der Waals surface area contributed by atoms with Crippen LogP contribution < -0.4 is 42.2 Å². The molecule has 0 fully saturated rings. The van der Waals surface area contributed by atoms with Crippen molar-refractivity contribution in [1.29, 1.82) is 5.26 Å². The fourth-order valence-corrected chi connectivity index (χ4v) is 12.5. The van der Waals surface area contributed by atoms with Crippen LogP contribution in [-0.4, -0.2) is 127 Å². The number of amides is 6. The van der Waals surface area contributed by atoms with E-state index in [4.69, 9.17) is 38.1 Å². The van der Waals surface area contributed by atoms with Crippen molar-refractivity contribution in [1.82, 2.24) is 49.7 Å². The van der Waals surface area contributed by atoms with E-state index in [0.717, 1.165) is 5.75 Å². The van der Waals surface area contributed by atoms with Gasteiger partial charge in [-0.05, 0) is 82.7 Å².